The van der Waals surface area contributed by atoms with Crippen LogP contribution in [0.2, 0.25) is 0 Å². The van der Waals surface area contributed by atoms with Gasteiger partial charge in [0.2, 0.25) is 5.95 Å². The number of unbranched alkanes of at least 4 members (excludes halogenated alkanes) is 2. The number of hydrogen-bond donors (Lipinski definition) is 2. The molecule has 0 atom stereocenters. The Kier molecular flexibility index (Phi) is 7.79. The molecule has 0 radical (unpaired) electrons. The minimum Gasteiger partial charge on any atom is -0.461 e. The van der Waals surface area contributed by atoms with Gasteiger partial charge >= 0.3 is 5.97 Å². The van der Waals surface area contributed by atoms with Crippen LogP contribution in [0.15, 0.2) is 60.7 Å². The number of nitrogens with two attached hydrogens (primary N) is 2. The summed E-state index contributed by atoms with van der Waals surface area (Å²) >= 11 is 0. The molecule has 200 valence electrons. The predicted molar refractivity (Wildman–Crippen MR) is 147 cm³/mol. The molecule has 0 saturated carbocycles. The monoisotopic (exact) mass is 527 g/mol. The van der Waals surface area contributed by atoms with Gasteiger partial charge in [-0.05, 0) is 71.5 Å². The van der Waals surface area contributed by atoms with Crippen molar-refractivity contribution in [3.05, 3.63) is 88.9 Å². The van der Waals surface area contributed by atoms with Crippen LogP contribution in [0.5, 0.6) is 0 Å². The number of fused-ring (bicyclic) bond motifs is 2. The molecule has 0 fully saturated rings. The second-order valence-electron chi connectivity index (χ2n) is 9.65. The Hall–Kier alpha value is -4.37. The Morgan fingerprint density at radius 1 is 0.949 bits per heavy atom. The lowest BCUT2D eigenvalue weighted by Gasteiger charge is -2.17. The van der Waals surface area contributed by atoms with Crippen molar-refractivity contribution in [2.75, 3.05) is 12.3 Å². The Morgan fingerprint density at radius 2 is 1.72 bits per heavy atom. The van der Waals surface area contributed by atoms with Crippen LogP contribution in [-0.2, 0) is 29.2 Å². The zero-order valence-corrected chi connectivity index (χ0v) is 21.5. The van der Waals surface area contributed by atoms with Gasteiger partial charge in [-0.1, -0.05) is 42.8 Å². The van der Waals surface area contributed by atoms with Crippen molar-refractivity contribution >= 4 is 28.7 Å². The zero-order valence-electron chi connectivity index (χ0n) is 21.5. The first-order chi connectivity index (χ1) is 18.9. The molecule has 3 aromatic carbocycles. The molecule has 4 N–H and O–H groups in total. The highest BCUT2D eigenvalue weighted by molar-refractivity contribution is 6.06. The van der Waals surface area contributed by atoms with E-state index >= 15 is 0 Å². The fourth-order valence-electron chi connectivity index (χ4n) is 4.87. The van der Waals surface area contributed by atoms with E-state index in [4.69, 9.17) is 16.2 Å². The first kappa shape index (κ1) is 26.2. The van der Waals surface area contributed by atoms with Crippen LogP contribution < -0.4 is 11.5 Å². The van der Waals surface area contributed by atoms with Gasteiger partial charge in [-0.25, -0.2) is 14.4 Å². The molecule has 1 amide bonds. The van der Waals surface area contributed by atoms with Gasteiger partial charge in [-0.2, -0.15) is 0 Å². The molecular formula is C30H30FN5O3. The smallest absolute Gasteiger partial charge is 0.306 e. The fraction of sp³-hybridized carbons (Fsp3) is 0.267. The number of benzene rings is 3. The number of carbonyl (C=O) groups excluding carboxylic acids is 2. The number of ether oxygens (including phenoxy) is 1. The molecule has 5 rings (SSSR count). The van der Waals surface area contributed by atoms with Crippen molar-refractivity contribution in [2.45, 2.75) is 45.4 Å². The van der Waals surface area contributed by atoms with Crippen LogP contribution in [0, 0.1) is 5.82 Å². The van der Waals surface area contributed by atoms with Crippen molar-refractivity contribution in [3.63, 3.8) is 0 Å². The molecule has 9 heteroatoms. The van der Waals surface area contributed by atoms with Crippen molar-refractivity contribution in [1.82, 2.24) is 14.9 Å². The number of rotatable bonds is 9. The summed E-state index contributed by atoms with van der Waals surface area (Å²) in [5.74, 6) is -1.00. The standard InChI is InChI=1S/C30H30FN5O3/c31-23-11-9-22(18-39-27(37)8-2-1-5-13-32)24(15-23)19-10-12-26-25(14-19)28(35-30(33)34-26)29(38)36-16-20-6-3-4-7-21(20)17-36/h3-4,6-7,9-12,14-15H,1-2,5,8,13,16-18,32H2,(H2,33,34,35). The van der Waals surface area contributed by atoms with Crippen LogP contribution in [0.4, 0.5) is 10.3 Å². The molecule has 1 aromatic heterocycles. The number of esters is 1. The third kappa shape index (κ3) is 5.88. The van der Waals surface area contributed by atoms with Gasteiger partial charge in [-0.3, -0.25) is 9.59 Å². The summed E-state index contributed by atoms with van der Waals surface area (Å²) in [4.78, 5) is 36.2. The van der Waals surface area contributed by atoms with E-state index in [1.54, 1.807) is 29.2 Å². The third-order valence-corrected chi connectivity index (χ3v) is 6.90. The Balaban J connectivity index is 1.43. The molecule has 39 heavy (non-hydrogen) atoms. The summed E-state index contributed by atoms with van der Waals surface area (Å²) in [7, 11) is 0. The van der Waals surface area contributed by atoms with E-state index in [1.165, 1.54) is 12.1 Å². The van der Waals surface area contributed by atoms with Gasteiger partial charge in [0.1, 0.15) is 18.1 Å². The third-order valence-electron chi connectivity index (χ3n) is 6.90. The maximum atomic E-state index is 14.4. The van der Waals surface area contributed by atoms with E-state index < -0.39 is 5.82 Å². The van der Waals surface area contributed by atoms with E-state index in [9.17, 15) is 14.0 Å². The number of amides is 1. The van der Waals surface area contributed by atoms with E-state index in [1.807, 2.05) is 24.3 Å². The normalized spacial score (nSPS) is 12.5. The highest BCUT2D eigenvalue weighted by atomic mass is 19.1. The molecule has 4 aromatic rings. The van der Waals surface area contributed by atoms with Crippen molar-refractivity contribution in [1.29, 1.82) is 0 Å². The summed E-state index contributed by atoms with van der Waals surface area (Å²) in [6.07, 6.45) is 2.74. The first-order valence-electron chi connectivity index (χ1n) is 13.0. The fourth-order valence-corrected chi connectivity index (χ4v) is 4.87. The lowest BCUT2D eigenvalue weighted by Crippen LogP contribution is -2.27. The number of nitrogen functional groups attached to an aromatic ring is 1. The van der Waals surface area contributed by atoms with Gasteiger partial charge in [0.25, 0.3) is 5.91 Å². The average molecular weight is 528 g/mol. The lowest BCUT2D eigenvalue weighted by atomic mass is 9.97. The summed E-state index contributed by atoms with van der Waals surface area (Å²) in [5, 5.41) is 0.509. The first-order valence-corrected chi connectivity index (χ1v) is 13.0. The number of halogens is 1. The number of nitrogens with zero attached hydrogens (tertiary/aromatic N) is 3. The molecule has 1 aliphatic heterocycles. The number of aromatic nitrogens is 2. The Labute approximate surface area is 225 Å². The van der Waals surface area contributed by atoms with E-state index in [2.05, 4.69) is 9.97 Å². The zero-order chi connectivity index (χ0) is 27.4. The lowest BCUT2D eigenvalue weighted by molar-refractivity contribution is -0.145. The van der Waals surface area contributed by atoms with Crippen molar-refractivity contribution < 1.29 is 18.7 Å². The molecule has 0 spiro atoms. The summed E-state index contributed by atoms with van der Waals surface area (Å²) < 4.78 is 19.8. The Morgan fingerprint density at radius 3 is 2.46 bits per heavy atom. The molecule has 0 saturated heterocycles. The maximum Gasteiger partial charge on any atom is 0.306 e. The van der Waals surface area contributed by atoms with E-state index in [-0.39, 0.29) is 30.1 Å². The van der Waals surface area contributed by atoms with Crippen LogP contribution in [0.25, 0.3) is 22.0 Å². The number of hydrogen-bond acceptors (Lipinski definition) is 7. The highest BCUT2D eigenvalue weighted by Gasteiger charge is 2.27. The molecule has 0 bridgehead atoms. The van der Waals surface area contributed by atoms with E-state index in [0.717, 1.165) is 24.0 Å². The molecule has 8 nitrogen and oxygen atoms in total. The second kappa shape index (κ2) is 11.6. The summed E-state index contributed by atoms with van der Waals surface area (Å²) in [5.41, 5.74) is 16.2. The van der Waals surface area contributed by atoms with Gasteiger partial charge in [0.15, 0.2) is 0 Å². The maximum absolute atomic E-state index is 14.4. The van der Waals surface area contributed by atoms with Crippen LogP contribution in [0.1, 0.15) is 52.9 Å². The topological polar surface area (TPSA) is 124 Å². The van der Waals surface area contributed by atoms with Gasteiger partial charge in [0.05, 0.1) is 5.52 Å². The minimum absolute atomic E-state index is 0.000121. The van der Waals surface area contributed by atoms with Crippen molar-refractivity contribution in [2.24, 2.45) is 5.73 Å². The molecule has 1 aliphatic rings. The predicted octanol–water partition coefficient (Wildman–Crippen LogP) is 4.74. The molecular weight excluding hydrogens is 497 g/mol. The quantitative estimate of drug-likeness (QED) is 0.238. The number of anilines is 1. The van der Waals surface area contributed by atoms with Crippen LogP contribution in [-0.4, -0.2) is 33.3 Å². The van der Waals surface area contributed by atoms with Gasteiger partial charge in [0, 0.05) is 24.9 Å². The number of carbonyl (C=O) groups is 2. The molecule has 0 aliphatic carbocycles. The average Bonchev–Trinajstić information content (AvgIpc) is 3.38. The molecule has 0 unspecified atom stereocenters. The summed E-state index contributed by atoms with van der Waals surface area (Å²) in [6.45, 7) is 1.55. The van der Waals surface area contributed by atoms with Crippen LogP contribution >= 0.6 is 0 Å². The summed E-state index contributed by atoms with van der Waals surface area (Å²) in [6, 6.07) is 17.5. The molecule has 2 heterocycles. The largest absolute Gasteiger partial charge is 0.461 e. The van der Waals surface area contributed by atoms with Gasteiger partial charge in [-0.15, -0.1) is 0 Å². The van der Waals surface area contributed by atoms with Crippen molar-refractivity contribution in [3.8, 4) is 11.1 Å². The Bertz CT molecular complexity index is 1520. The second-order valence-corrected chi connectivity index (χ2v) is 9.65. The SMILES string of the molecule is NCCCCCC(=O)OCc1ccc(F)cc1-c1ccc2nc(N)nc(C(=O)N3Cc4ccccc4C3)c2c1. The minimum atomic E-state index is -0.429. The highest BCUT2D eigenvalue weighted by Crippen LogP contribution is 2.31. The van der Waals surface area contributed by atoms with Gasteiger partial charge < -0.3 is 21.1 Å². The van der Waals surface area contributed by atoms with E-state index in [0.29, 0.717) is 60.1 Å². The van der Waals surface area contributed by atoms with Crippen LogP contribution in [0.3, 0.4) is 0 Å².